The van der Waals surface area contributed by atoms with Crippen molar-refractivity contribution in [2.45, 2.75) is 55.5 Å². The lowest BCUT2D eigenvalue weighted by Crippen LogP contribution is -2.57. The molecule has 0 radical (unpaired) electrons. The minimum Gasteiger partial charge on any atom is -0.384 e. The number of hydrogen-bond donors (Lipinski definition) is 3. The molecule has 1 saturated heterocycles. The molecule has 4 heteroatoms. The van der Waals surface area contributed by atoms with E-state index in [0.29, 0.717) is 0 Å². The third-order valence-corrected chi connectivity index (χ3v) is 5.99. The van der Waals surface area contributed by atoms with Gasteiger partial charge in [-0.05, 0) is 30.9 Å². The van der Waals surface area contributed by atoms with Crippen molar-refractivity contribution < 1.29 is 4.79 Å². The van der Waals surface area contributed by atoms with Crippen LogP contribution in [0, 0.1) is 0 Å². The molecule has 2 fully saturated rings. The van der Waals surface area contributed by atoms with Crippen LogP contribution in [0.5, 0.6) is 0 Å². The largest absolute Gasteiger partial charge is 0.384 e. The van der Waals surface area contributed by atoms with E-state index in [1.165, 1.54) is 30.5 Å². The second-order valence-corrected chi connectivity index (χ2v) is 6.93. The quantitative estimate of drug-likeness (QED) is 0.738. The van der Waals surface area contributed by atoms with E-state index < -0.39 is 0 Å². The first-order chi connectivity index (χ1) is 10.2. The monoisotopic (exact) mass is 285 g/mol. The summed E-state index contributed by atoms with van der Waals surface area (Å²) >= 11 is 0. The molecule has 2 heterocycles. The predicted molar refractivity (Wildman–Crippen MR) is 83.2 cm³/mol. The zero-order chi connectivity index (χ0) is 14.5. The molecule has 1 amide bonds. The zero-order valence-electron chi connectivity index (χ0n) is 12.3. The molecule has 0 bridgehead atoms. The molecule has 1 saturated carbocycles. The standard InChI is InChI=1S/C17H23N3O/c18-15(21)14-10-16(17(20-14)8-4-1-5-9-17)11-19-13-7-3-2-6-12(13)16/h2-3,6-7,14,19-20H,1,4-5,8-11H2,(H2,18,21). The van der Waals surface area contributed by atoms with Gasteiger partial charge in [0.2, 0.25) is 5.91 Å². The number of para-hydroxylation sites is 1. The highest BCUT2D eigenvalue weighted by molar-refractivity contribution is 5.81. The van der Waals surface area contributed by atoms with Gasteiger partial charge in [0, 0.05) is 23.2 Å². The predicted octanol–water partition coefficient (Wildman–Crippen LogP) is 1.90. The number of nitrogens with two attached hydrogens (primary N) is 1. The summed E-state index contributed by atoms with van der Waals surface area (Å²) in [5.74, 6) is -0.207. The van der Waals surface area contributed by atoms with Crippen molar-refractivity contribution in [3.05, 3.63) is 29.8 Å². The van der Waals surface area contributed by atoms with E-state index in [9.17, 15) is 4.79 Å². The highest BCUT2D eigenvalue weighted by Gasteiger charge is 2.61. The third-order valence-electron chi connectivity index (χ3n) is 5.99. The number of fused-ring (bicyclic) bond motifs is 3. The van der Waals surface area contributed by atoms with Crippen molar-refractivity contribution in [2.75, 3.05) is 11.9 Å². The summed E-state index contributed by atoms with van der Waals surface area (Å²) in [4.78, 5) is 11.8. The Morgan fingerprint density at radius 3 is 2.71 bits per heavy atom. The summed E-state index contributed by atoms with van der Waals surface area (Å²) in [6, 6.07) is 8.37. The van der Waals surface area contributed by atoms with Crippen LogP contribution in [0.15, 0.2) is 24.3 Å². The Morgan fingerprint density at radius 1 is 1.19 bits per heavy atom. The van der Waals surface area contributed by atoms with Crippen molar-refractivity contribution in [3.63, 3.8) is 0 Å². The Labute approximate surface area is 125 Å². The van der Waals surface area contributed by atoms with Gasteiger partial charge in [0.05, 0.1) is 6.04 Å². The van der Waals surface area contributed by atoms with E-state index in [4.69, 9.17) is 5.73 Å². The van der Waals surface area contributed by atoms with Gasteiger partial charge in [0.1, 0.15) is 0 Å². The molecule has 2 spiro atoms. The van der Waals surface area contributed by atoms with Crippen molar-refractivity contribution in [3.8, 4) is 0 Å². The number of nitrogens with one attached hydrogen (secondary N) is 2. The average molecular weight is 285 g/mol. The Kier molecular flexibility index (Phi) is 2.80. The second-order valence-electron chi connectivity index (χ2n) is 6.93. The first-order valence-corrected chi connectivity index (χ1v) is 8.07. The summed E-state index contributed by atoms with van der Waals surface area (Å²) in [6.45, 7) is 0.920. The zero-order valence-corrected chi connectivity index (χ0v) is 12.3. The topological polar surface area (TPSA) is 67.2 Å². The van der Waals surface area contributed by atoms with E-state index in [-0.39, 0.29) is 22.9 Å². The number of amides is 1. The Morgan fingerprint density at radius 2 is 1.95 bits per heavy atom. The Bertz CT molecular complexity index is 579. The maximum Gasteiger partial charge on any atom is 0.234 e. The van der Waals surface area contributed by atoms with Gasteiger partial charge in [-0.3, -0.25) is 10.1 Å². The normalized spacial score (nSPS) is 33.0. The molecule has 2 aliphatic heterocycles. The lowest BCUT2D eigenvalue weighted by atomic mass is 9.61. The molecule has 2 unspecified atom stereocenters. The molecule has 1 aliphatic carbocycles. The van der Waals surface area contributed by atoms with Gasteiger partial charge in [-0.15, -0.1) is 0 Å². The number of benzene rings is 1. The van der Waals surface area contributed by atoms with Crippen LogP contribution < -0.4 is 16.4 Å². The maximum atomic E-state index is 11.8. The molecule has 3 aliphatic rings. The van der Waals surface area contributed by atoms with Crippen LogP contribution >= 0.6 is 0 Å². The lowest BCUT2D eigenvalue weighted by molar-refractivity contribution is -0.119. The number of rotatable bonds is 1. The fourth-order valence-corrected chi connectivity index (χ4v) is 5.02. The summed E-state index contributed by atoms with van der Waals surface area (Å²) in [7, 11) is 0. The highest BCUT2D eigenvalue weighted by atomic mass is 16.1. The molecule has 4 nitrogen and oxygen atoms in total. The van der Waals surface area contributed by atoms with Crippen LogP contribution in [-0.2, 0) is 10.2 Å². The first-order valence-electron chi connectivity index (χ1n) is 8.07. The third kappa shape index (κ3) is 1.68. The molecule has 2 atom stereocenters. The number of hydrogen-bond acceptors (Lipinski definition) is 3. The van der Waals surface area contributed by atoms with Gasteiger partial charge < -0.3 is 11.1 Å². The van der Waals surface area contributed by atoms with Crippen LogP contribution in [-0.4, -0.2) is 24.0 Å². The molecule has 1 aromatic carbocycles. The van der Waals surface area contributed by atoms with E-state index >= 15 is 0 Å². The van der Waals surface area contributed by atoms with Crippen LogP contribution in [0.25, 0.3) is 0 Å². The minimum absolute atomic E-state index is 0.0176. The van der Waals surface area contributed by atoms with E-state index in [1.807, 2.05) is 0 Å². The fraction of sp³-hybridized carbons (Fsp3) is 0.588. The van der Waals surface area contributed by atoms with Crippen LogP contribution in [0.1, 0.15) is 44.1 Å². The summed E-state index contributed by atoms with van der Waals surface area (Å²) in [5.41, 5.74) is 8.30. The van der Waals surface area contributed by atoms with E-state index in [0.717, 1.165) is 25.8 Å². The van der Waals surface area contributed by atoms with Crippen molar-refractivity contribution in [1.29, 1.82) is 0 Å². The minimum atomic E-state index is -0.207. The van der Waals surface area contributed by atoms with Gasteiger partial charge >= 0.3 is 0 Å². The molecule has 1 aromatic rings. The average Bonchev–Trinajstić information content (AvgIpc) is 3.02. The highest BCUT2D eigenvalue weighted by Crippen LogP contribution is 2.55. The summed E-state index contributed by atoms with van der Waals surface area (Å²) in [5, 5.41) is 7.24. The SMILES string of the molecule is NC(=O)C1CC2(CNc3ccccc32)C2(CCCCC2)N1. The molecule has 4 rings (SSSR count). The van der Waals surface area contributed by atoms with Gasteiger partial charge in [0.25, 0.3) is 0 Å². The first kappa shape index (κ1) is 13.1. The molecule has 112 valence electrons. The Hall–Kier alpha value is -1.55. The van der Waals surface area contributed by atoms with Gasteiger partial charge in [-0.25, -0.2) is 0 Å². The maximum absolute atomic E-state index is 11.8. The number of anilines is 1. The van der Waals surface area contributed by atoms with Crippen molar-refractivity contribution in [2.24, 2.45) is 5.73 Å². The van der Waals surface area contributed by atoms with Crippen LogP contribution in [0.3, 0.4) is 0 Å². The summed E-state index contributed by atoms with van der Waals surface area (Å²) < 4.78 is 0. The Balaban J connectivity index is 1.83. The second kappa shape index (κ2) is 4.47. The molecule has 0 aromatic heterocycles. The number of carbonyl (C=O) groups excluding carboxylic acids is 1. The smallest absolute Gasteiger partial charge is 0.234 e. The lowest BCUT2D eigenvalue weighted by Gasteiger charge is -2.46. The molecule has 4 N–H and O–H groups in total. The van der Waals surface area contributed by atoms with Crippen LogP contribution in [0.2, 0.25) is 0 Å². The van der Waals surface area contributed by atoms with E-state index in [2.05, 4.69) is 34.9 Å². The number of primary amides is 1. The van der Waals surface area contributed by atoms with E-state index in [1.54, 1.807) is 0 Å². The van der Waals surface area contributed by atoms with Crippen molar-refractivity contribution >= 4 is 11.6 Å². The van der Waals surface area contributed by atoms with Gasteiger partial charge in [0.15, 0.2) is 0 Å². The van der Waals surface area contributed by atoms with Crippen molar-refractivity contribution in [1.82, 2.24) is 5.32 Å². The molecule has 21 heavy (non-hydrogen) atoms. The molecular formula is C17H23N3O. The summed E-state index contributed by atoms with van der Waals surface area (Å²) in [6.07, 6.45) is 6.90. The fourth-order valence-electron chi connectivity index (χ4n) is 5.02. The molecular weight excluding hydrogens is 262 g/mol. The van der Waals surface area contributed by atoms with Gasteiger partial charge in [-0.1, -0.05) is 37.5 Å². The van der Waals surface area contributed by atoms with Crippen LogP contribution in [0.4, 0.5) is 5.69 Å². The number of carbonyl (C=O) groups is 1. The van der Waals surface area contributed by atoms with Gasteiger partial charge in [-0.2, -0.15) is 0 Å².